The van der Waals surface area contributed by atoms with Crippen molar-refractivity contribution in [1.29, 1.82) is 0 Å². The maximum atomic E-state index is 11.8. The Hall–Kier alpha value is -2.01. The van der Waals surface area contributed by atoms with Crippen LogP contribution in [0.3, 0.4) is 0 Å². The van der Waals surface area contributed by atoms with Gasteiger partial charge in [0.25, 0.3) is 0 Å². The Labute approximate surface area is 127 Å². The van der Waals surface area contributed by atoms with Gasteiger partial charge in [-0.15, -0.1) is 0 Å². The van der Waals surface area contributed by atoms with Crippen LogP contribution in [0.1, 0.15) is 29.6 Å². The largest absolute Gasteiger partial charge is 0.496 e. The lowest BCUT2D eigenvalue weighted by Crippen LogP contribution is -2.03. The highest BCUT2D eigenvalue weighted by atomic mass is 35.5. The fourth-order valence-corrected chi connectivity index (χ4v) is 2.13. The van der Waals surface area contributed by atoms with Gasteiger partial charge in [-0.05, 0) is 24.6 Å². The van der Waals surface area contributed by atoms with E-state index >= 15 is 0 Å². The summed E-state index contributed by atoms with van der Waals surface area (Å²) in [4.78, 5) is 16.1. The molecule has 0 aliphatic heterocycles. The van der Waals surface area contributed by atoms with Crippen molar-refractivity contribution in [1.82, 2.24) is 4.98 Å². The third-order valence-corrected chi connectivity index (χ3v) is 3.18. The fraction of sp³-hybridized carbons (Fsp3) is 0.333. The molecule has 0 saturated carbocycles. The summed E-state index contributed by atoms with van der Waals surface area (Å²) in [5.41, 5.74) is 1.21. The van der Waals surface area contributed by atoms with Gasteiger partial charge in [0.2, 0.25) is 11.7 Å². The summed E-state index contributed by atoms with van der Waals surface area (Å²) in [6.07, 6.45) is 1.47. The second kappa shape index (κ2) is 6.63. The van der Waals surface area contributed by atoms with Crippen molar-refractivity contribution in [2.24, 2.45) is 0 Å². The van der Waals surface area contributed by atoms with E-state index in [0.717, 1.165) is 6.42 Å². The average molecular weight is 310 g/mol. The van der Waals surface area contributed by atoms with Crippen molar-refractivity contribution >= 4 is 17.6 Å². The van der Waals surface area contributed by atoms with E-state index in [4.69, 9.17) is 25.5 Å². The number of halogens is 1. The van der Waals surface area contributed by atoms with E-state index in [1.807, 2.05) is 6.92 Å². The predicted octanol–water partition coefficient (Wildman–Crippen LogP) is 3.74. The first-order valence-electron chi connectivity index (χ1n) is 6.52. The van der Waals surface area contributed by atoms with Gasteiger partial charge in [-0.3, -0.25) is 0 Å². The second-order valence-corrected chi connectivity index (χ2v) is 4.82. The first-order chi connectivity index (χ1) is 10.1. The lowest BCUT2D eigenvalue weighted by atomic mass is 10.2. The molecule has 1 aromatic heterocycles. The number of carbonyl (C=O) groups is 1. The first kappa shape index (κ1) is 15.4. The minimum absolute atomic E-state index is 0.131. The number of rotatable bonds is 5. The molecule has 0 atom stereocenters. The smallest absolute Gasteiger partial charge is 0.376 e. The summed E-state index contributed by atoms with van der Waals surface area (Å²) in [5.74, 6) is 0.437. The second-order valence-electron chi connectivity index (χ2n) is 4.38. The molecule has 112 valence electrons. The van der Waals surface area contributed by atoms with Gasteiger partial charge < -0.3 is 13.9 Å². The summed E-state index contributed by atoms with van der Waals surface area (Å²) >= 11 is 5.94. The Morgan fingerprint density at radius 1 is 1.38 bits per heavy atom. The Kier molecular flexibility index (Phi) is 4.85. The molecule has 0 radical (unpaired) electrons. The van der Waals surface area contributed by atoms with Crippen LogP contribution in [0.2, 0.25) is 5.02 Å². The Bertz CT molecular complexity index is 651. The molecule has 5 nitrogen and oxygen atoms in total. The third-order valence-electron chi connectivity index (χ3n) is 2.95. The van der Waals surface area contributed by atoms with Crippen LogP contribution in [0.15, 0.2) is 22.6 Å². The summed E-state index contributed by atoms with van der Waals surface area (Å²) in [6, 6.07) is 5.11. The summed E-state index contributed by atoms with van der Waals surface area (Å²) < 4.78 is 15.6. The van der Waals surface area contributed by atoms with Crippen molar-refractivity contribution in [3.63, 3.8) is 0 Å². The molecule has 0 fully saturated rings. The molecule has 0 aliphatic carbocycles. The SMILES string of the molecule is CCCc1nc(-c2ccc(Cl)cc2OC)oc1C(=O)OC. The normalized spacial score (nSPS) is 10.5. The number of oxazole rings is 1. The molecule has 21 heavy (non-hydrogen) atoms. The van der Waals surface area contributed by atoms with E-state index in [9.17, 15) is 4.79 Å². The van der Waals surface area contributed by atoms with Crippen LogP contribution in [0.25, 0.3) is 11.5 Å². The topological polar surface area (TPSA) is 61.6 Å². The molecule has 2 rings (SSSR count). The van der Waals surface area contributed by atoms with Crippen LogP contribution in [-0.4, -0.2) is 25.2 Å². The van der Waals surface area contributed by atoms with Crippen molar-refractivity contribution < 1.29 is 18.7 Å². The number of benzene rings is 1. The highest BCUT2D eigenvalue weighted by Gasteiger charge is 2.22. The molecule has 0 aliphatic rings. The lowest BCUT2D eigenvalue weighted by Gasteiger charge is -2.05. The molecule has 1 heterocycles. The number of aryl methyl sites for hydroxylation is 1. The van der Waals surface area contributed by atoms with Gasteiger partial charge >= 0.3 is 5.97 Å². The lowest BCUT2D eigenvalue weighted by molar-refractivity contribution is 0.0564. The first-order valence-corrected chi connectivity index (χ1v) is 6.90. The van der Waals surface area contributed by atoms with Crippen LogP contribution < -0.4 is 4.74 Å². The maximum Gasteiger partial charge on any atom is 0.376 e. The molecule has 0 saturated heterocycles. The zero-order valence-corrected chi connectivity index (χ0v) is 12.9. The number of nitrogens with zero attached hydrogens (tertiary/aromatic N) is 1. The van der Waals surface area contributed by atoms with Crippen LogP contribution in [-0.2, 0) is 11.2 Å². The number of methoxy groups -OCH3 is 2. The highest BCUT2D eigenvalue weighted by molar-refractivity contribution is 6.30. The molecule has 2 aromatic rings. The van der Waals surface area contributed by atoms with Gasteiger partial charge in [0.05, 0.1) is 25.5 Å². The molecule has 1 aromatic carbocycles. The average Bonchev–Trinajstić information content (AvgIpc) is 2.90. The predicted molar refractivity (Wildman–Crippen MR) is 78.8 cm³/mol. The fourth-order valence-electron chi connectivity index (χ4n) is 1.97. The Morgan fingerprint density at radius 2 is 2.14 bits per heavy atom. The zero-order chi connectivity index (χ0) is 15.4. The number of ether oxygens (including phenoxy) is 2. The summed E-state index contributed by atoms with van der Waals surface area (Å²) in [7, 11) is 2.84. The highest BCUT2D eigenvalue weighted by Crippen LogP contribution is 2.33. The molecule has 0 spiro atoms. The van der Waals surface area contributed by atoms with Gasteiger partial charge in [0, 0.05) is 5.02 Å². The minimum Gasteiger partial charge on any atom is -0.496 e. The molecular formula is C15H16ClNO4. The van der Waals surface area contributed by atoms with Crippen LogP contribution in [0.5, 0.6) is 5.75 Å². The van der Waals surface area contributed by atoms with Gasteiger partial charge in [-0.25, -0.2) is 9.78 Å². The van der Waals surface area contributed by atoms with E-state index in [1.54, 1.807) is 18.2 Å². The van der Waals surface area contributed by atoms with E-state index in [2.05, 4.69) is 4.98 Å². The summed E-state index contributed by atoms with van der Waals surface area (Å²) in [6.45, 7) is 2.00. The molecule has 0 unspecified atom stereocenters. The molecule has 0 amide bonds. The van der Waals surface area contributed by atoms with Gasteiger partial charge in [0.1, 0.15) is 5.75 Å². The number of hydrogen-bond donors (Lipinski definition) is 0. The van der Waals surface area contributed by atoms with E-state index in [0.29, 0.717) is 34.3 Å². The van der Waals surface area contributed by atoms with Crippen molar-refractivity contribution in [3.05, 3.63) is 34.7 Å². The number of esters is 1. The van der Waals surface area contributed by atoms with Gasteiger partial charge in [-0.1, -0.05) is 24.9 Å². The molecular weight excluding hydrogens is 294 g/mol. The van der Waals surface area contributed by atoms with Gasteiger partial charge in [0.15, 0.2) is 0 Å². The quantitative estimate of drug-likeness (QED) is 0.787. The zero-order valence-electron chi connectivity index (χ0n) is 12.1. The van der Waals surface area contributed by atoms with E-state index < -0.39 is 5.97 Å². The van der Waals surface area contributed by atoms with Crippen LogP contribution >= 0.6 is 11.6 Å². The third kappa shape index (κ3) is 3.19. The van der Waals surface area contributed by atoms with Crippen LogP contribution in [0.4, 0.5) is 0 Å². The number of hydrogen-bond acceptors (Lipinski definition) is 5. The van der Waals surface area contributed by atoms with Crippen molar-refractivity contribution in [2.75, 3.05) is 14.2 Å². The maximum absolute atomic E-state index is 11.8. The van der Waals surface area contributed by atoms with Crippen molar-refractivity contribution in [2.45, 2.75) is 19.8 Å². The van der Waals surface area contributed by atoms with Gasteiger partial charge in [-0.2, -0.15) is 0 Å². The van der Waals surface area contributed by atoms with E-state index in [1.165, 1.54) is 14.2 Å². The molecule has 0 bridgehead atoms. The number of aromatic nitrogens is 1. The number of carbonyl (C=O) groups excluding carboxylic acids is 1. The summed E-state index contributed by atoms with van der Waals surface area (Å²) in [5, 5.41) is 0.545. The Balaban J connectivity index is 2.52. The van der Waals surface area contributed by atoms with Crippen molar-refractivity contribution in [3.8, 4) is 17.2 Å². The minimum atomic E-state index is -0.537. The standard InChI is InChI=1S/C15H16ClNO4/c1-4-5-11-13(15(18)20-3)21-14(17-11)10-7-6-9(16)8-12(10)19-2/h6-8H,4-5H2,1-3H3. The van der Waals surface area contributed by atoms with Crippen LogP contribution in [0, 0.1) is 0 Å². The monoisotopic (exact) mass is 309 g/mol. The van der Waals surface area contributed by atoms with E-state index in [-0.39, 0.29) is 5.76 Å². The molecule has 0 N–H and O–H groups in total. The Morgan fingerprint density at radius 3 is 2.76 bits per heavy atom. The molecule has 6 heteroatoms.